The Morgan fingerprint density at radius 1 is 1.08 bits per heavy atom. The van der Waals surface area contributed by atoms with Gasteiger partial charge >= 0.3 is 0 Å². The van der Waals surface area contributed by atoms with Gasteiger partial charge in [-0.3, -0.25) is 8.98 Å². The molecule has 0 aromatic heterocycles. The maximum Gasteiger partial charge on any atom is 0.264 e. The van der Waals surface area contributed by atoms with Crippen molar-refractivity contribution in [3.05, 3.63) is 60.2 Å². The molecule has 2 unspecified atom stereocenters. The van der Waals surface area contributed by atoms with Gasteiger partial charge in [-0.05, 0) is 17.7 Å². The molecule has 2 atom stereocenters. The van der Waals surface area contributed by atoms with Crippen LogP contribution in [0.25, 0.3) is 0 Å². The van der Waals surface area contributed by atoms with Crippen LogP contribution >= 0.6 is 11.8 Å². The Morgan fingerprint density at radius 2 is 1.75 bits per heavy atom. The topological polar surface area (TPSA) is 72.5 Å². The number of para-hydroxylation sites is 1. The van der Waals surface area contributed by atoms with Crippen LogP contribution in [0.5, 0.6) is 0 Å². The molecule has 24 heavy (non-hydrogen) atoms. The molecule has 5 nitrogen and oxygen atoms in total. The molecule has 0 saturated carbocycles. The summed E-state index contributed by atoms with van der Waals surface area (Å²) in [5, 5.41) is 2.63. The molecule has 126 valence electrons. The first-order chi connectivity index (χ1) is 11.4. The van der Waals surface area contributed by atoms with Gasteiger partial charge in [-0.2, -0.15) is 8.42 Å². The van der Waals surface area contributed by atoms with Crippen LogP contribution in [-0.4, -0.2) is 27.2 Å². The van der Waals surface area contributed by atoms with E-state index in [2.05, 4.69) is 5.32 Å². The highest BCUT2D eigenvalue weighted by Gasteiger charge is 2.35. The average Bonchev–Trinajstić information content (AvgIpc) is 2.69. The molecule has 0 spiro atoms. The quantitative estimate of drug-likeness (QED) is 0.845. The van der Waals surface area contributed by atoms with Crippen molar-refractivity contribution in [3.63, 3.8) is 0 Å². The summed E-state index contributed by atoms with van der Waals surface area (Å²) in [7, 11) is -3.62. The highest BCUT2D eigenvalue weighted by Crippen LogP contribution is 2.46. The van der Waals surface area contributed by atoms with Gasteiger partial charge in [-0.15, -0.1) is 11.8 Å². The number of fused-ring (bicyclic) bond motifs is 1. The molecule has 3 rings (SSSR count). The number of carbonyl (C=O) groups is 1. The van der Waals surface area contributed by atoms with E-state index in [0.717, 1.165) is 22.4 Å². The maximum atomic E-state index is 12.7. The minimum absolute atomic E-state index is 0.189. The predicted octanol–water partition coefficient (Wildman–Crippen LogP) is 3.06. The first-order valence-electron chi connectivity index (χ1n) is 7.40. The van der Waals surface area contributed by atoms with Crippen molar-refractivity contribution in [2.75, 3.05) is 18.2 Å². The van der Waals surface area contributed by atoms with Crippen molar-refractivity contribution in [1.82, 2.24) is 0 Å². The number of anilines is 1. The van der Waals surface area contributed by atoms with Gasteiger partial charge in [0.2, 0.25) is 5.91 Å². The molecule has 0 bridgehead atoms. The fraction of sp³-hybridized carbons (Fsp3) is 0.235. The Morgan fingerprint density at radius 3 is 2.46 bits per heavy atom. The lowest BCUT2D eigenvalue weighted by molar-refractivity contribution is -0.120. The van der Waals surface area contributed by atoms with Crippen LogP contribution in [0, 0.1) is 5.92 Å². The normalized spacial score (nSPS) is 20.8. The van der Waals surface area contributed by atoms with E-state index in [1.54, 1.807) is 0 Å². The fourth-order valence-corrected chi connectivity index (χ4v) is 4.29. The number of thioether (sulfide) groups is 1. The molecule has 1 N–H and O–H groups in total. The number of carbonyl (C=O) groups excluding carboxylic acids is 1. The van der Waals surface area contributed by atoms with Crippen LogP contribution in [0.2, 0.25) is 0 Å². The number of hydrogen-bond acceptors (Lipinski definition) is 5. The van der Waals surface area contributed by atoms with Crippen molar-refractivity contribution in [2.45, 2.75) is 10.1 Å². The van der Waals surface area contributed by atoms with E-state index in [9.17, 15) is 13.2 Å². The number of benzene rings is 2. The highest BCUT2D eigenvalue weighted by atomic mass is 32.2. The summed E-state index contributed by atoms with van der Waals surface area (Å²) in [5.74, 6) is -0.871. The Kier molecular flexibility index (Phi) is 4.93. The smallest absolute Gasteiger partial charge is 0.264 e. The first kappa shape index (κ1) is 17.0. The van der Waals surface area contributed by atoms with E-state index in [0.29, 0.717) is 0 Å². The number of rotatable bonds is 4. The third-order valence-corrected chi connectivity index (χ3v) is 5.72. The van der Waals surface area contributed by atoms with Gasteiger partial charge in [-0.25, -0.2) is 0 Å². The summed E-state index contributed by atoms with van der Waals surface area (Å²) in [4.78, 5) is 13.6. The summed E-state index contributed by atoms with van der Waals surface area (Å²) in [6, 6.07) is 17.1. The molecule has 0 aliphatic carbocycles. The summed E-state index contributed by atoms with van der Waals surface area (Å²) in [6.45, 7) is -0.189. The van der Waals surface area contributed by atoms with Gasteiger partial charge < -0.3 is 5.32 Å². The van der Waals surface area contributed by atoms with Crippen molar-refractivity contribution in [1.29, 1.82) is 0 Å². The zero-order valence-electron chi connectivity index (χ0n) is 13.0. The lowest BCUT2D eigenvalue weighted by Gasteiger charge is -2.23. The molecule has 0 radical (unpaired) electrons. The lowest BCUT2D eigenvalue weighted by Crippen LogP contribution is -2.30. The summed E-state index contributed by atoms with van der Waals surface area (Å²) >= 11 is 1.54. The molecule has 0 fully saturated rings. The number of nitrogens with one attached hydrogen (secondary N) is 1. The molecule has 1 heterocycles. The standard InChI is InChI=1S/C17H17NO4S2/c1-24(20,21)22-11-13-16(12-7-3-2-4-8-12)23-15-10-6-5-9-14(15)18-17(13)19/h2-10,13,16H,11H2,1H3,(H,18,19). The fourth-order valence-electron chi connectivity index (χ4n) is 2.56. The van der Waals surface area contributed by atoms with E-state index >= 15 is 0 Å². The molecule has 2 aromatic carbocycles. The molecular weight excluding hydrogens is 346 g/mol. The van der Waals surface area contributed by atoms with E-state index in [1.807, 2.05) is 54.6 Å². The van der Waals surface area contributed by atoms with Crippen LogP contribution in [0.15, 0.2) is 59.5 Å². The van der Waals surface area contributed by atoms with Crippen molar-refractivity contribution < 1.29 is 17.4 Å². The Labute approximate surface area is 145 Å². The minimum Gasteiger partial charge on any atom is -0.325 e. The van der Waals surface area contributed by atoms with Gasteiger partial charge in [0.05, 0.1) is 24.5 Å². The Bertz CT molecular complexity index is 837. The van der Waals surface area contributed by atoms with Crippen LogP contribution in [0.4, 0.5) is 5.69 Å². The molecule has 0 saturated heterocycles. The van der Waals surface area contributed by atoms with Crippen molar-refractivity contribution in [3.8, 4) is 0 Å². The second-order valence-electron chi connectivity index (χ2n) is 5.53. The minimum atomic E-state index is -3.62. The zero-order valence-corrected chi connectivity index (χ0v) is 14.6. The molecule has 7 heteroatoms. The second kappa shape index (κ2) is 6.96. The Balaban J connectivity index is 1.99. The summed E-state index contributed by atoms with van der Waals surface area (Å²) < 4.78 is 27.7. The predicted molar refractivity (Wildman–Crippen MR) is 94.4 cm³/mol. The number of amides is 1. The van der Waals surface area contributed by atoms with Gasteiger partial charge in [-0.1, -0.05) is 42.5 Å². The Hall–Kier alpha value is -1.83. The first-order valence-corrected chi connectivity index (χ1v) is 10.1. The monoisotopic (exact) mass is 363 g/mol. The van der Waals surface area contributed by atoms with Crippen molar-refractivity contribution in [2.24, 2.45) is 5.92 Å². The van der Waals surface area contributed by atoms with Gasteiger partial charge in [0.25, 0.3) is 10.1 Å². The van der Waals surface area contributed by atoms with E-state index in [4.69, 9.17) is 4.18 Å². The van der Waals surface area contributed by atoms with Crippen LogP contribution in [0.3, 0.4) is 0 Å². The van der Waals surface area contributed by atoms with E-state index in [1.165, 1.54) is 11.8 Å². The third-order valence-electron chi connectivity index (χ3n) is 3.69. The maximum absolute atomic E-state index is 12.7. The van der Waals surface area contributed by atoms with Crippen LogP contribution in [-0.2, 0) is 19.1 Å². The van der Waals surface area contributed by atoms with Crippen LogP contribution in [0.1, 0.15) is 10.8 Å². The van der Waals surface area contributed by atoms with Crippen LogP contribution < -0.4 is 5.32 Å². The molecule has 2 aromatic rings. The number of hydrogen-bond donors (Lipinski definition) is 1. The SMILES string of the molecule is CS(=O)(=O)OCC1C(=O)Nc2ccccc2SC1c1ccccc1. The van der Waals surface area contributed by atoms with E-state index < -0.39 is 16.0 Å². The molecule has 1 aliphatic heterocycles. The summed E-state index contributed by atoms with van der Waals surface area (Å²) in [6.07, 6.45) is 0.987. The summed E-state index contributed by atoms with van der Waals surface area (Å²) in [5.41, 5.74) is 1.69. The van der Waals surface area contributed by atoms with Crippen molar-refractivity contribution >= 4 is 33.5 Å². The largest absolute Gasteiger partial charge is 0.325 e. The zero-order chi connectivity index (χ0) is 17.2. The van der Waals surface area contributed by atoms with E-state index in [-0.39, 0.29) is 17.8 Å². The lowest BCUT2D eigenvalue weighted by atomic mass is 9.98. The molecular formula is C17H17NO4S2. The molecule has 1 aliphatic rings. The molecule has 1 amide bonds. The van der Waals surface area contributed by atoms with Gasteiger partial charge in [0.15, 0.2) is 0 Å². The third kappa shape index (κ3) is 3.98. The van der Waals surface area contributed by atoms with Gasteiger partial charge in [0.1, 0.15) is 0 Å². The highest BCUT2D eigenvalue weighted by molar-refractivity contribution is 7.99. The van der Waals surface area contributed by atoms with Gasteiger partial charge in [0, 0.05) is 10.1 Å². The second-order valence-corrected chi connectivity index (χ2v) is 8.36. The average molecular weight is 363 g/mol.